The summed E-state index contributed by atoms with van der Waals surface area (Å²) < 4.78 is 34.3. The maximum atomic E-state index is 7.43. The Kier molecular flexibility index (Phi) is 0.376. The largest absolute Gasteiger partial charge is 0.443 e. The molecule has 0 fully saturated rings. The number of benzene rings is 1. The molecule has 2 nitrogen and oxygen atoms in total. The fraction of sp³-hybridized carbons (Fsp3) is 0. The zero-order valence-corrected chi connectivity index (χ0v) is 4.43. The minimum Gasteiger partial charge on any atom is -0.443 e. The van der Waals surface area contributed by atoms with Crippen molar-refractivity contribution in [3.8, 4) is 0 Å². The number of oxazole rings is 1. The molecule has 1 heterocycles. The van der Waals surface area contributed by atoms with Crippen molar-refractivity contribution in [3.05, 3.63) is 30.6 Å². The van der Waals surface area contributed by atoms with Crippen LogP contribution in [0.3, 0.4) is 0 Å². The summed E-state index contributed by atoms with van der Waals surface area (Å²) in [5, 5.41) is 0. The zero-order valence-electron chi connectivity index (χ0n) is 8.43. The van der Waals surface area contributed by atoms with E-state index in [1.165, 1.54) is 0 Å². The molecule has 0 atom stereocenters. The van der Waals surface area contributed by atoms with Gasteiger partial charge in [-0.1, -0.05) is 12.1 Å². The topological polar surface area (TPSA) is 26.0 Å². The SMILES string of the molecule is [2H][13c]1[13c]([2H])[13c]([2H])[13c]2ocn[13c]2[13c]1[2H]. The van der Waals surface area contributed by atoms with Crippen molar-refractivity contribution in [1.29, 1.82) is 0 Å². The van der Waals surface area contributed by atoms with E-state index in [4.69, 9.17) is 9.90 Å². The van der Waals surface area contributed by atoms with Crippen molar-refractivity contribution in [2.45, 2.75) is 0 Å². The van der Waals surface area contributed by atoms with Crippen LogP contribution in [0.1, 0.15) is 5.48 Å². The van der Waals surface area contributed by atoms with E-state index in [-0.39, 0.29) is 35.3 Å². The summed E-state index contributed by atoms with van der Waals surface area (Å²) >= 11 is 0. The molecule has 0 amide bonds. The van der Waals surface area contributed by atoms with Crippen molar-refractivity contribution >= 4 is 11.1 Å². The Labute approximate surface area is 57.7 Å². The van der Waals surface area contributed by atoms with Crippen LogP contribution in [0.4, 0.5) is 0 Å². The van der Waals surface area contributed by atoms with E-state index in [1.807, 2.05) is 0 Å². The standard InChI is InChI=1S/C7H5NO/c1-2-4-7-6(3-1)8-5-9-7/h1-5H/i1+1D,2+1D,3+1D,4+1D,6+1,7+1. The highest BCUT2D eigenvalue weighted by atomic mass is 16.4. The first-order valence-corrected chi connectivity index (χ1v) is 2.42. The second-order valence-corrected chi connectivity index (χ2v) is 1.53. The maximum Gasteiger partial charge on any atom is 0.181 e. The van der Waals surface area contributed by atoms with E-state index >= 15 is 0 Å². The first-order chi connectivity index (χ1) is 6.13. The lowest BCUT2D eigenvalue weighted by Crippen LogP contribution is -1.61. The normalized spacial score (nSPS) is 16.4. The second-order valence-electron chi connectivity index (χ2n) is 1.53. The molecule has 1 aromatic carbocycles. The Morgan fingerprint density at radius 3 is 3.33 bits per heavy atom. The summed E-state index contributed by atoms with van der Waals surface area (Å²) in [4.78, 5) is 3.70. The molecule has 0 saturated carbocycles. The molecule has 0 N–H and O–H groups in total. The second kappa shape index (κ2) is 1.58. The molecule has 0 aliphatic rings. The molecule has 9 heavy (non-hydrogen) atoms. The average Bonchev–Trinajstić information content (AvgIpc) is 2.59. The third-order valence-electron chi connectivity index (χ3n) is 0.987. The number of para-hydroxylation sites is 2. The van der Waals surface area contributed by atoms with Gasteiger partial charge in [0.05, 0.1) is 5.48 Å². The Hall–Kier alpha value is -1.31. The van der Waals surface area contributed by atoms with Gasteiger partial charge >= 0.3 is 0 Å². The maximum absolute atomic E-state index is 7.43. The van der Waals surface area contributed by atoms with E-state index in [1.54, 1.807) is 0 Å². The number of aromatic nitrogens is 1. The number of nitrogens with zero attached hydrogens (tertiary/aromatic N) is 1. The monoisotopic (exact) mass is 129 g/mol. The smallest absolute Gasteiger partial charge is 0.181 e. The molecule has 2 aromatic rings. The average molecular weight is 129 g/mol. The minimum atomic E-state index is -0.297. The third kappa shape index (κ3) is 0.598. The van der Waals surface area contributed by atoms with Crippen LogP contribution < -0.4 is 0 Å². The Balaban J connectivity index is 3.02. The van der Waals surface area contributed by atoms with Gasteiger partial charge in [0.15, 0.2) is 12.0 Å². The van der Waals surface area contributed by atoms with Crippen molar-refractivity contribution in [1.82, 2.24) is 4.98 Å². The van der Waals surface area contributed by atoms with E-state index in [2.05, 4.69) is 4.98 Å². The summed E-state index contributed by atoms with van der Waals surface area (Å²) in [5.74, 6) is 0. The number of fused-ring (bicyclic) bond motifs is 1. The summed E-state index contributed by atoms with van der Waals surface area (Å²) in [6, 6.07) is -0.932. The summed E-state index contributed by atoms with van der Waals surface area (Å²) in [6.45, 7) is 0. The molecule has 0 radical (unpaired) electrons. The predicted molar refractivity (Wildman–Crippen MR) is 34.0 cm³/mol. The molecule has 0 aliphatic carbocycles. The first kappa shape index (κ1) is 2.14. The van der Waals surface area contributed by atoms with Crippen LogP contribution in [0.5, 0.6) is 0 Å². The molecule has 0 bridgehead atoms. The summed E-state index contributed by atoms with van der Waals surface area (Å²) in [7, 11) is 0. The Morgan fingerprint density at radius 2 is 2.33 bits per heavy atom. The van der Waals surface area contributed by atoms with E-state index < -0.39 is 0 Å². The molecule has 2 rings (SSSR count). The van der Waals surface area contributed by atoms with Gasteiger partial charge in [-0.25, -0.2) is 4.98 Å². The van der Waals surface area contributed by atoms with Gasteiger partial charge < -0.3 is 4.42 Å². The van der Waals surface area contributed by atoms with Crippen molar-refractivity contribution in [2.24, 2.45) is 0 Å². The van der Waals surface area contributed by atoms with Gasteiger partial charge in [0.2, 0.25) is 0 Å². The zero-order chi connectivity index (χ0) is 9.59. The van der Waals surface area contributed by atoms with Crippen molar-refractivity contribution < 1.29 is 9.90 Å². The fourth-order valence-corrected chi connectivity index (χ4v) is 0.602. The van der Waals surface area contributed by atoms with Gasteiger partial charge in [0.1, 0.15) is 5.52 Å². The fourth-order valence-electron chi connectivity index (χ4n) is 0.602. The van der Waals surface area contributed by atoms with Crippen LogP contribution >= 0.6 is 0 Å². The number of hydrogen-bond donors (Lipinski definition) is 0. The predicted octanol–water partition coefficient (Wildman–Crippen LogP) is 1.83. The minimum absolute atomic E-state index is 0.103. The van der Waals surface area contributed by atoms with Gasteiger partial charge in [-0.05, 0) is 12.1 Å². The Bertz CT molecular complexity index is 437. The molecular weight excluding hydrogens is 120 g/mol. The van der Waals surface area contributed by atoms with Crippen molar-refractivity contribution in [2.75, 3.05) is 0 Å². The summed E-state index contributed by atoms with van der Waals surface area (Å²) in [6.07, 6.45) is 1.11. The van der Waals surface area contributed by atoms with Crippen LogP contribution in [0.15, 0.2) is 35.0 Å². The first-order valence-electron chi connectivity index (χ1n) is 4.42. The lowest BCUT2D eigenvalue weighted by Gasteiger charge is -1.79. The van der Waals surface area contributed by atoms with Gasteiger partial charge in [-0.15, -0.1) is 0 Å². The molecule has 0 aliphatic heterocycles. The highest BCUT2D eigenvalue weighted by molar-refractivity contribution is 5.71. The molecule has 0 unspecified atom stereocenters. The molecule has 1 aromatic heterocycles. The van der Waals surface area contributed by atoms with Crippen LogP contribution in [0.25, 0.3) is 11.1 Å². The highest BCUT2D eigenvalue weighted by Gasteiger charge is 1.91. The number of rotatable bonds is 0. The van der Waals surface area contributed by atoms with E-state index in [0.29, 0.717) is 0 Å². The molecule has 44 valence electrons. The lowest BCUT2D eigenvalue weighted by molar-refractivity contribution is 0.602. The van der Waals surface area contributed by atoms with Crippen LogP contribution in [0.2, 0.25) is 0 Å². The van der Waals surface area contributed by atoms with Crippen LogP contribution in [0, 0.1) is 0 Å². The quantitative estimate of drug-likeness (QED) is 0.542. The van der Waals surface area contributed by atoms with E-state index in [0.717, 1.165) is 6.39 Å². The Morgan fingerprint density at radius 1 is 1.44 bits per heavy atom. The van der Waals surface area contributed by atoms with Gasteiger partial charge in [0, 0.05) is 0 Å². The third-order valence-corrected chi connectivity index (χ3v) is 0.987. The van der Waals surface area contributed by atoms with Gasteiger partial charge in [-0.3, -0.25) is 0 Å². The number of hydrogen-bond acceptors (Lipinski definition) is 2. The van der Waals surface area contributed by atoms with Crippen LogP contribution in [-0.4, -0.2) is 4.98 Å². The highest BCUT2D eigenvalue weighted by Crippen LogP contribution is 2.09. The van der Waals surface area contributed by atoms with Gasteiger partial charge in [-0.2, -0.15) is 0 Å². The molecule has 0 spiro atoms. The van der Waals surface area contributed by atoms with Crippen LogP contribution in [-0.2, 0) is 0 Å². The van der Waals surface area contributed by atoms with E-state index in [9.17, 15) is 0 Å². The molecule has 0 saturated heterocycles. The van der Waals surface area contributed by atoms with Gasteiger partial charge in [0.25, 0.3) is 0 Å². The molecular formula is C7H5NO. The summed E-state index contributed by atoms with van der Waals surface area (Å²) in [5.41, 5.74) is 0.275. The molecule has 2 heteroatoms. The van der Waals surface area contributed by atoms with Crippen molar-refractivity contribution in [3.63, 3.8) is 0 Å². The lowest BCUT2D eigenvalue weighted by atomic mass is 11.3.